The van der Waals surface area contributed by atoms with Crippen molar-refractivity contribution < 1.29 is 9.47 Å². The molecule has 98 valence electrons. The van der Waals surface area contributed by atoms with Gasteiger partial charge in [0.1, 0.15) is 6.79 Å². The van der Waals surface area contributed by atoms with Crippen LogP contribution in [0, 0.1) is 11.8 Å². The van der Waals surface area contributed by atoms with Crippen LogP contribution in [0.25, 0.3) is 0 Å². The van der Waals surface area contributed by atoms with E-state index in [1.165, 1.54) is 26.1 Å². The summed E-state index contributed by atoms with van der Waals surface area (Å²) in [6.07, 6.45) is 2.72. The van der Waals surface area contributed by atoms with Gasteiger partial charge in [-0.3, -0.25) is 4.90 Å². The molecule has 4 heteroatoms. The van der Waals surface area contributed by atoms with Crippen molar-refractivity contribution in [1.29, 1.82) is 0 Å². The van der Waals surface area contributed by atoms with Gasteiger partial charge in [0.25, 0.3) is 0 Å². The predicted molar refractivity (Wildman–Crippen MR) is 65.8 cm³/mol. The van der Waals surface area contributed by atoms with Crippen LogP contribution in [0.15, 0.2) is 0 Å². The number of rotatable bonds is 3. The fourth-order valence-electron chi connectivity index (χ4n) is 3.79. The molecule has 0 amide bonds. The lowest BCUT2D eigenvalue weighted by Crippen LogP contribution is -2.42. The molecule has 3 saturated heterocycles. The number of ether oxygens (including phenoxy) is 2. The summed E-state index contributed by atoms with van der Waals surface area (Å²) in [7, 11) is 0. The maximum atomic E-state index is 5.68. The third kappa shape index (κ3) is 2.36. The lowest BCUT2D eigenvalue weighted by molar-refractivity contribution is -0.145. The van der Waals surface area contributed by atoms with Crippen molar-refractivity contribution in [2.24, 2.45) is 11.8 Å². The van der Waals surface area contributed by atoms with Crippen molar-refractivity contribution >= 4 is 0 Å². The first-order chi connectivity index (χ1) is 8.38. The van der Waals surface area contributed by atoms with Crippen LogP contribution in [-0.2, 0) is 9.47 Å². The zero-order chi connectivity index (χ0) is 11.7. The van der Waals surface area contributed by atoms with E-state index in [2.05, 4.69) is 17.1 Å². The van der Waals surface area contributed by atoms with Crippen LogP contribution in [0.1, 0.15) is 19.8 Å². The Morgan fingerprint density at radius 3 is 3.06 bits per heavy atom. The molecule has 0 radical (unpaired) electrons. The molecule has 3 aliphatic rings. The van der Waals surface area contributed by atoms with Gasteiger partial charge < -0.3 is 14.8 Å². The van der Waals surface area contributed by atoms with E-state index in [4.69, 9.17) is 9.47 Å². The number of nitrogens with zero attached hydrogens (tertiary/aromatic N) is 1. The SMILES string of the molecule is CCC1C2CNCC2CN1CC1CCOCO1. The molecule has 1 N–H and O–H groups in total. The van der Waals surface area contributed by atoms with E-state index >= 15 is 0 Å². The standard InChI is InChI=1S/C13H24N2O2/c1-2-13-12-6-14-5-10(12)7-15(13)8-11-3-4-16-9-17-11/h10-14H,2-9H2,1H3. The molecule has 4 unspecified atom stereocenters. The topological polar surface area (TPSA) is 33.7 Å². The van der Waals surface area contributed by atoms with E-state index in [1.54, 1.807) is 0 Å². The quantitative estimate of drug-likeness (QED) is 0.786. The Hall–Kier alpha value is -0.160. The summed E-state index contributed by atoms with van der Waals surface area (Å²) in [4.78, 5) is 2.67. The molecule has 0 aromatic carbocycles. The monoisotopic (exact) mass is 240 g/mol. The summed E-state index contributed by atoms with van der Waals surface area (Å²) in [6, 6.07) is 0.765. The molecule has 0 aromatic heterocycles. The number of hydrogen-bond donors (Lipinski definition) is 1. The number of likely N-dealkylation sites (tertiary alicyclic amines) is 1. The van der Waals surface area contributed by atoms with Gasteiger partial charge in [0.2, 0.25) is 0 Å². The zero-order valence-electron chi connectivity index (χ0n) is 10.7. The Balaban J connectivity index is 1.58. The fourth-order valence-corrected chi connectivity index (χ4v) is 3.79. The van der Waals surface area contributed by atoms with Gasteiger partial charge in [-0.1, -0.05) is 6.92 Å². The van der Waals surface area contributed by atoms with Crippen LogP contribution < -0.4 is 5.32 Å². The molecule has 4 nitrogen and oxygen atoms in total. The third-order valence-electron chi connectivity index (χ3n) is 4.65. The minimum atomic E-state index is 0.393. The minimum absolute atomic E-state index is 0.393. The molecule has 0 spiro atoms. The smallest absolute Gasteiger partial charge is 0.147 e. The fraction of sp³-hybridized carbons (Fsp3) is 1.00. The molecule has 3 heterocycles. The summed E-state index contributed by atoms with van der Waals surface area (Å²) in [5.41, 5.74) is 0. The number of hydrogen-bond acceptors (Lipinski definition) is 4. The van der Waals surface area contributed by atoms with E-state index < -0.39 is 0 Å². The molecular weight excluding hydrogens is 216 g/mol. The van der Waals surface area contributed by atoms with Crippen LogP contribution in [0.4, 0.5) is 0 Å². The summed E-state index contributed by atoms with van der Waals surface area (Å²) in [6.45, 7) is 8.48. The van der Waals surface area contributed by atoms with Crippen molar-refractivity contribution in [2.45, 2.75) is 31.9 Å². The van der Waals surface area contributed by atoms with Crippen LogP contribution in [0.5, 0.6) is 0 Å². The predicted octanol–water partition coefficient (Wildman–Crippen LogP) is 0.679. The molecule has 0 bridgehead atoms. The lowest BCUT2D eigenvalue weighted by Gasteiger charge is -2.32. The van der Waals surface area contributed by atoms with Gasteiger partial charge in [-0.2, -0.15) is 0 Å². The Labute approximate surface area is 104 Å². The highest BCUT2D eigenvalue weighted by atomic mass is 16.7. The van der Waals surface area contributed by atoms with E-state index in [1.807, 2.05) is 0 Å². The van der Waals surface area contributed by atoms with Crippen molar-refractivity contribution in [3.63, 3.8) is 0 Å². The van der Waals surface area contributed by atoms with Crippen molar-refractivity contribution in [2.75, 3.05) is 39.6 Å². The minimum Gasteiger partial charge on any atom is -0.355 e. The third-order valence-corrected chi connectivity index (χ3v) is 4.65. The maximum absolute atomic E-state index is 5.68. The van der Waals surface area contributed by atoms with E-state index in [-0.39, 0.29) is 0 Å². The van der Waals surface area contributed by atoms with E-state index in [0.717, 1.165) is 37.5 Å². The first kappa shape index (κ1) is 11.9. The Morgan fingerprint density at radius 1 is 1.35 bits per heavy atom. The normalized spacial score (nSPS) is 42.9. The summed E-state index contributed by atoms with van der Waals surface area (Å²) in [5, 5.41) is 3.53. The number of fused-ring (bicyclic) bond motifs is 1. The number of nitrogens with one attached hydrogen (secondary N) is 1. The van der Waals surface area contributed by atoms with Gasteiger partial charge in [-0.15, -0.1) is 0 Å². The molecule has 3 rings (SSSR count). The average Bonchev–Trinajstić information content (AvgIpc) is 2.90. The lowest BCUT2D eigenvalue weighted by atomic mass is 9.93. The average molecular weight is 240 g/mol. The maximum Gasteiger partial charge on any atom is 0.147 e. The van der Waals surface area contributed by atoms with Gasteiger partial charge >= 0.3 is 0 Å². The van der Waals surface area contributed by atoms with Crippen LogP contribution in [0.3, 0.4) is 0 Å². The molecule has 0 aromatic rings. The molecule has 0 aliphatic carbocycles. The highest BCUT2D eigenvalue weighted by molar-refractivity contribution is 4.98. The van der Waals surface area contributed by atoms with Crippen LogP contribution in [0.2, 0.25) is 0 Å². The van der Waals surface area contributed by atoms with Gasteiger partial charge in [0.05, 0.1) is 12.7 Å². The van der Waals surface area contributed by atoms with Crippen molar-refractivity contribution in [3.05, 3.63) is 0 Å². The highest BCUT2D eigenvalue weighted by Crippen LogP contribution is 2.34. The zero-order valence-corrected chi connectivity index (χ0v) is 10.7. The second-order valence-corrected chi connectivity index (χ2v) is 5.62. The van der Waals surface area contributed by atoms with E-state index in [9.17, 15) is 0 Å². The second kappa shape index (κ2) is 5.22. The summed E-state index contributed by atoms with van der Waals surface area (Å²) >= 11 is 0. The van der Waals surface area contributed by atoms with Crippen molar-refractivity contribution in [1.82, 2.24) is 10.2 Å². The molecule has 4 atom stereocenters. The molecular formula is C13H24N2O2. The molecule has 3 aliphatic heterocycles. The van der Waals surface area contributed by atoms with Gasteiger partial charge in [0, 0.05) is 19.1 Å². The Kier molecular flexibility index (Phi) is 3.66. The summed E-state index contributed by atoms with van der Waals surface area (Å²) < 4.78 is 10.9. The highest BCUT2D eigenvalue weighted by Gasteiger charge is 2.43. The van der Waals surface area contributed by atoms with Crippen molar-refractivity contribution in [3.8, 4) is 0 Å². The Morgan fingerprint density at radius 2 is 2.29 bits per heavy atom. The first-order valence-electron chi connectivity index (χ1n) is 7.02. The van der Waals surface area contributed by atoms with Crippen LogP contribution >= 0.6 is 0 Å². The van der Waals surface area contributed by atoms with Gasteiger partial charge in [-0.25, -0.2) is 0 Å². The molecule has 3 fully saturated rings. The first-order valence-corrected chi connectivity index (χ1v) is 7.02. The summed E-state index contributed by atoms with van der Waals surface area (Å²) in [5.74, 6) is 1.75. The Bertz CT molecular complexity index is 256. The molecule has 17 heavy (non-hydrogen) atoms. The molecule has 0 saturated carbocycles. The second-order valence-electron chi connectivity index (χ2n) is 5.62. The van der Waals surface area contributed by atoms with Crippen LogP contribution in [-0.4, -0.2) is 56.6 Å². The van der Waals surface area contributed by atoms with Gasteiger partial charge in [0.15, 0.2) is 0 Å². The van der Waals surface area contributed by atoms with E-state index in [0.29, 0.717) is 12.9 Å². The van der Waals surface area contributed by atoms with Gasteiger partial charge in [-0.05, 0) is 37.8 Å². The largest absolute Gasteiger partial charge is 0.355 e.